The summed E-state index contributed by atoms with van der Waals surface area (Å²) >= 11 is 0. The molecule has 2 aliphatic rings. The zero-order valence-corrected chi connectivity index (χ0v) is 15.8. The minimum Gasteiger partial charge on any atom is -0.356 e. The van der Waals surface area contributed by atoms with Crippen LogP contribution in [0, 0.1) is 5.92 Å². The highest BCUT2D eigenvalue weighted by atomic mass is 16.2. The van der Waals surface area contributed by atoms with E-state index in [9.17, 15) is 4.79 Å². The van der Waals surface area contributed by atoms with Crippen LogP contribution in [0.25, 0.3) is 0 Å². The number of amides is 1. The summed E-state index contributed by atoms with van der Waals surface area (Å²) in [7, 11) is 1.79. The van der Waals surface area contributed by atoms with Crippen molar-refractivity contribution in [3.05, 3.63) is 30.1 Å². The molecular weight excluding hydrogens is 326 g/mol. The van der Waals surface area contributed by atoms with Crippen LogP contribution < -0.4 is 10.6 Å². The normalized spacial score (nSPS) is 21.7. The summed E-state index contributed by atoms with van der Waals surface area (Å²) in [5, 5.41) is 6.83. The standard InChI is InChI=1S/C20H31N5O/c1-21-20(23-12-9-16-6-5-11-22-14-16)24-18-10-13-25(15-18)19(26)17-7-3-2-4-8-17/h5-6,11,14,17-18H,2-4,7-10,12-13,15H2,1H3,(H2,21,23,24). The van der Waals surface area contributed by atoms with Gasteiger partial charge in [0.2, 0.25) is 5.91 Å². The summed E-state index contributed by atoms with van der Waals surface area (Å²) in [4.78, 5) is 23.2. The van der Waals surface area contributed by atoms with Crippen LogP contribution in [0.3, 0.4) is 0 Å². The van der Waals surface area contributed by atoms with E-state index < -0.39 is 0 Å². The fraction of sp³-hybridized carbons (Fsp3) is 0.650. The third-order valence-corrected chi connectivity index (χ3v) is 5.45. The number of rotatable bonds is 5. The van der Waals surface area contributed by atoms with Gasteiger partial charge in [0, 0.05) is 51.0 Å². The van der Waals surface area contributed by atoms with Crippen LogP contribution >= 0.6 is 0 Å². The third-order valence-electron chi connectivity index (χ3n) is 5.45. The minimum atomic E-state index is 0.263. The fourth-order valence-electron chi connectivity index (χ4n) is 3.95. The Kier molecular flexibility index (Phi) is 6.86. The number of carbonyl (C=O) groups is 1. The Bertz CT molecular complexity index is 597. The van der Waals surface area contributed by atoms with Crippen LogP contribution in [-0.2, 0) is 11.2 Å². The monoisotopic (exact) mass is 357 g/mol. The van der Waals surface area contributed by atoms with E-state index in [-0.39, 0.29) is 12.0 Å². The molecule has 142 valence electrons. The lowest BCUT2D eigenvalue weighted by Crippen LogP contribution is -2.46. The maximum absolute atomic E-state index is 12.7. The summed E-state index contributed by atoms with van der Waals surface area (Å²) < 4.78 is 0. The third kappa shape index (κ3) is 5.19. The lowest BCUT2D eigenvalue weighted by Gasteiger charge is -2.26. The van der Waals surface area contributed by atoms with Crippen molar-refractivity contribution in [1.29, 1.82) is 0 Å². The molecule has 0 bridgehead atoms. The molecule has 1 aliphatic carbocycles. The van der Waals surface area contributed by atoms with Gasteiger partial charge in [-0.15, -0.1) is 0 Å². The van der Waals surface area contributed by atoms with E-state index in [1.807, 2.05) is 12.3 Å². The van der Waals surface area contributed by atoms with Gasteiger partial charge in [-0.3, -0.25) is 14.8 Å². The van der Waals surface area contributed by atoms with E-state index >= 15 is 0 Å². The lowest BCUT2D eigenvalue weighted by molar-refractivity contribution is -0.135. The maximum atomic E-state index is 12.7. The van der Waals surface area contributed by atoms with Crippen molar-refractivity contribution in [3.63, 3.8) is 0 Å². The van der Waals surface area contributed by atoms with Crippen molar-refractivity contribution < 1.29 is 4.79 Å². The molecule has 2 N–H and O–H groups in total. The van der Waals surface area contributed by atoms with Crippen molar-refractivity contribution in [1.82, 2.24) is 20.5 Å². The van der Waals surface area contributed by atoms with Gasteiger partial charge in [0.05, 0.1) is 0 Å². The number of nitrogens with zero attached hydrogens (tertiary/aromatic N) is 3. The first-order valence-electron chi connectivity index (χ1n) is 9.91. The molecule has 1 aromatic rings. The Morgan fingerprint density at radius 3 is 2.88 bits per heavy atom. The topological polar surface area (TPSA) is 69.6 Å². The molecule has 1 aromatic heterocycles. The zero-order chi connectivity index (χ0) is 18.2. The summed E-state index contributed by atoms with van der Waals surface area (Å²) in [5.41, 5.74) is 1.21. The van der Waals surface area contributed by atoms with Gasteiger partial charge in [0.25, 0.3) is 0 Å². The summed E-state index contributed by atoms with van der Waals surface area (Å²) in [6.07, 6.45) is 11.4. The van der Waals surface area contributed by atoms with Crippen molar-refractivity contribution in [2.45, 2.75) is 51.0 Å². The summed E-state index contributed by atoms with van der Waals surface area (Å²) in [5.74, 6) is 1.44. The molecule has 0 spiro atoms. The molecule has 0 radical (unpaired) electrons. The predicted molar refractivity (Wildman–Crippen MR) is 104 cm³/mol. The van der Waals surface area contributed by atoms with E-state index in [1.165, 1.54) is 24.8 Å². The Labute approximate surface area is 156 Å². The largest absolute Gasteiger partial charge is 0.356 e. The highest BCUT2D eigenvalue weighted by Gasteiger charge is 2.31. The second kappa shape index (κ2) is 9.55. The Hall–Kier alpha value is -2.11. The van der Waals surface area contributed by atoms with E-state index in [0.29, 0.717) is 5.91 Å². The molecule has 1 unspecified atom stereocenters. The number of nitrogens with one attached hydrogen (secondary N) is 2. The number of pyridine rings is 1. The number of likely N-dealkylation sites (tertiary alicyclic amines) is 1. The molecule has 3 rings (SSSR count). The number of guanidine groups is 1. The average Bonchev–Trinajstić information content (AvgIpc) is 3.16. The van der Waals surface area contributed by atoms with Gasteiger partial charge in [-0.1, -0.05) is 25.3 Å². The van der Waals surface area contributed by atoms with E-state index in [0.717, 1.165) is 51.3 Å². The molecule has 1 amide bonds. The number of aliphatic imine (C=N–C) groups is 1. The minimum absolute atomic E-state index is 0.263. The second-order valence-corrected chi connectivity index (χ2v) is 7.36. The number of hydrogen-bond donors (Lipinski definition) is 2. The van der Waals surface area contributed by atoms with Crippen LogP contribution in [0.5, 0.6) is 0 Å². The Balaban J connectivity index is 1.41. The number of carbonyl (C=O) groups excluding carboxylic acids is 1. The highest BCUT2D eigenvalue weighted by Crippen LogP contribution is 2.26. The lowest BCUT2D eigenvalue weighted by atomic mass is 9.88. The molecule has 1 saturated heterocycles. The Morgan fingerprint density at radius 2 is 2.15 bits per heavy atom. The first kappa shape index (κ1) is 18.7. The molecular formula is C20H31N5O. The van der Waals surface area contributed by atoms with Gasteiger partial charge in [-0.05, 0) is 37.3 Å². The van der Waals surface area contributed by atoms with Crippen LogP contribution in [0.4, 0.5) is 0 Å². The SMILES string of the molecule is CN=C(NCCc1cccnc1)NC1CCN(C(=O)C2CCCCC2)C1. The Morgan fingerprint density at radius 1 is 1.31 bits per heavy atom. The average molecular weight is 358 g/mol. The van der Waals surface area contributed by atoms with Gasteiger partial charge >= 0.3 is 0 Å². The van der Waals surface area contributed by atoms with Gasteiger partial charge in [0.1, 0.15) is 0 Å². The van der Waals surface area contributed by atoms with Crippen molar-refractivity contribution in [2.75, 3.05) is 26.7 Å². The zero-order valence-electron chi connectivity index (χ0n) is 15.8. The van der Waals surface area contributed by atoms with Crippen molar-refractivity contribution in [2.24, 2.45) is 10.9 Å². The molecule has 1 atom stereocenters. The highest BCUT2D eigenvalue weighted by molar-refractivity contribution is 5.81. The van der Waals surface area contributed by atoms with E-state index in [4.69, 9.17) is 0 Å². The van der Waals surface area contributed by atoms with Crippen molar-refractivity contribution >= 4 is 11.9 Å². The van der Waals surface area contributed by atoms with Crippen molar-refractivity contribution in [3.8, 4) is 0 Å². The van der Waals surface area contributed by atoms with Crippen LogP contribution in [-0.4, -0.2) is 54.5 Å². The summed E-state index contributed by atoms with van der Waals surface area (Å²) in [6, 6.07) is 4.32. The molecule has 2 heterocycles. The van der Waals surface area contributed by atoms with Gasteiger partial charge < -0.3 is 15.5 Å². The molecule has 0 aromatic carbocycles. The van der Waals surface area contributed by atoms with Gasteiger partial charge in [0.15, 0.2) is 5.96 Å². The molecule has 6 nitrogen and oxygen atoms in total. The quantitative estimate of drug-likeness (QED) is 0.624. The first-order valence-corrected chi connectivity index (χ1v) is 9.91. The number of hydrogen-bond acceptors (Lipinski definition) is 3. The molecule has 6 heteroatoms. The molecule has 1 aliphatic heterocycles. The fourth-order valence-corrected chi connectivity index (χ4v) is 3.95. The van der Waals surface area contributed by atoms with E-state index in [2.05, 4.69) is 31.6 Å². The van der Waals surface area contributed by atoms with Crippen LogP contribution in [0.1, 0.15) is 44.1 Å². The molecule has 26 heavy (non-hydrogen) atoms. The summed E-state index contributed by atoms with van der Waals surface area (Å²) in [6.45, 7) is 2.46. The maximum Gasteiger partial charge on any atom is 0.225 e. The van der Waals surface area contributed by atoms with E-state index in [1.54, 1.807) is 13.2 Å². The van der Waals surface area contributed by atoms with Gasteiger partial charge in [-0.25, -0.2) is 0 Å². The second-order valence-electron chi connectivity index (χ2n) is 7.36. The predicted octanol–water partition coefficient (Wildman–Crippen LogP) is 1.97. The molecule has 1 saturated carbocycles. The molecule has 2 fully saturated rings. The van der Waals surface area contributed by atoms with Crippen LogP contribution in [0.15, 0.2) is 29.5 Å². The number of aromatic nitrogens is 1. The van der Waals surface area contributed by atoms with Gasteiger partial charge in [-0.2, -0.15) is 0 Å². The smallest absolute Gasteiger partial charge is 0.225 e. The first-order chi connectivity index (χ1) is 12.8. The van der Waals surface area contributed by atoms with Crippen LogP contribution in [0.2, 0.25) is 0 Å².